The summed E-state index contributed by atoms with van der Waals surface area (Å²) in [5, 5.41) is 3.07. The number of benzene rings is 2. The highest BCUT2D eigenvalue weighted by atomic mass is 32.2. The van der Waals surface area contributed by atoms with Gasteiger partial charge in [0.05, 0.1) is 11.4 Å². The van der Waals surface area contributed by atoms with Crippen molar-refractivity contribution in [3.8, 4) is 0 Å². The van der Waals surface area contributed by atoms with Gasteiger partial charge in [-0.25, -0.2) is 8.42 Å². The normalized spacial score (nSPS) is 16.0. The van der Waals surface area contributed by atoms with Gasteiger partial charge >= 0.3 is 0 Å². The zero-order valence-electron chi connectivity index (χ0n) is 18.2. The summed E-state index contributed by atoms with van der Waals surface area (Å²) in [4.78, 5) is 15.0. The molecule has 7 heteroatoms. The fraction of sp³-hybridized carbons (Fsp3) is 0.435. The molecule has 0 bridgehead atoms. The van der Waals surface area contributed by atoms with Crippen LogP contribution in [0.5, 0.6) is 0 Å². The summed E-state index contributed by atoms with van der Waals surface area (Å²) in [6.45, 7) is 10.2. The molecular formula is C23H31N3O3S. The molecule has 1 heterocycles. The molecule has 6 nitrogen and oxygen atoms in total. The molecule has 2 aromatic carbocycles. The largest absolute Gasteiger partial charge is 0.324 e. The zero-order valence-corrected chi connectivity index (χ0v) is 19.0. The lowest BCUT2D eigenvalue weighted by Crippen LogP contribution is -2.50. The molecule has 1 N–H and O–H groups in total. The highest BCUT2D eigenvalue weighted by Gasteiger charge is 2.29. The van der Waals surface area contributed by atoms with Crippen molar-refractivity contribution in [2.24, 2.45) is 0 Å². The summed E-state index contributed by atoms with van der Waals surface area (Å²) in [7, 11) is -3.49. The van der Waals surface area contributed by atoms with Gasteiger partial charge in [-0.1, -0.05) is 49.7 Å². The van der Waals surface area contributed by atoms with Crippen LogP contribution in [0.3, 0.4) is 0 Å². The number of sulfonamides is 1. The molecule has 30 heavy (non-hydrogen) atoms. The Balaban J connectivity index is 1.59. The van der Waals surface area contributed by atoms with Crippen molar-refractivity contribution >= 4 is 21.6 Å². The second-order valence-corrected chi connectivity index (χ2v) is 10.2. The Kier molecular flexibility index (Phi) is 6.95. The van der Waals surface area contributed by atoms with Gasteiger partial charge < -0.3 is 5.32 Å². The summed E-state index contributed by atoms with van der Waals surface area (Å²) in [6.07, 6.45) is 0. The Labute approximate surface area is 179 Å². The highest BCUT2D eigenvalue weighted by molar-refractivity contribution is 7.89. The van der Waals surface area contributed by atoms with Gasteiger partial charge in [0.1, 0.15) is 0 Å². The lowest BCUT2D eigenvalue weighted by Gasteiger charge is -2.33. The van der Waals surface area contributed by atoms with Crippen LogP contribution in [0.1, 0.15) is 36.5 Å². The van der Waals surface area contributed by atoms with Gasteiger partial charge in [-0.2, -0.15) is 4.31 Å². The summed E-state index contributed by atoms with van der Waals surface area (Å²) in [5.41, 5.74) is 4.08. The molecule has 2 aromatic rings. The van der Waals surface area contributed by atoms with Crippen LogP contribution >= 0.6 is 0 Å². The number of piperazine rings is 1. The van der Waals surface area contributed by atoms with Crippen LogP contribution in [-0.2, 0) is 14.8 Å². The number of nitrogens with zero attached hydrogens (tertiary/aromatic N) is 2. The van der Waals surface area contributed by atoms with Crippen LogP contribution in [0.15, 0.2) is 47.4 Å². The van der Waals surface area contributed by atoms with Crippen LogP contribution in [0, 0.1) is 13.8 Å². The van der Waals surface area contributed by atoms with Crippen molar-refractivity contribution in [2.45, 2.75) is 38.5 Å². The number of anilines is 1. The standard InChI is InChI=1S/C23H31N3O3S/c1-17(2)21-7-5-6-19(4)23(21)24-22(27)16-25-12-14-26(15-13-25)30(28,29)20-10-8-18(3)9-11-20/h5-11,17H,12-16H2,1-4H3,(H,24,27). The molecule has 1 aliphatic rings. The maximum Gasteiger partial charge on any atom is 0.243 e. The van der Waals surface area contributed by atoms with E-state index < -0.39 is 10.0 Å². The number of hydrogen-bond donors (Lipinski definition) is 1. The minimum Gasteiger partial charge on any atom is -0.324 e. The van der Waals surface area contributed by atoms with Gasteiger partial charge in [-0.05, 0) is 43.0 Å². The summed E-state index contributed by atoms with van der Waals surface area (Å²) < 4.78 is 27.2. The fourth-order valence-corrected chi connectivity index (χ4v) is 5.13. The van der Waals surface area contributed by atoms with E-state index in [1.807, 2.05) is 49.1 Å². The Hall–Kier alpha value is -2.22. The van der Waals surface area contributed by atoms with E-state index in [2.05, 4.69) is 19.2 Å². The second-order valence-electron chi connectivity index (χ2n) is 8.24. The summed E-state index contributed by atoms with van der Waals surface area (Å²) in [6, 6.07) is 13.0. The molecule has 0 spiro atoms. The van der Waals surface area contributed by atoms with Crippen molar-refractivity contribution in [1.29, 1.82) is 0 Å². The van der Waals surface area contributed by atoms with E-state index in [-0.39, 0.29) is 12.5 Å². The number of rotatable bonds is 6. The summed E-state index contributed by atoms with van der Waals surface area (Å²) in [5.74, 6) is 0.247. The third-order valence-corrected chi connectivity index (χ3v) is 7.46. The van der Waals surface area contributed by atoms with Crippen LogP contribution in [0.2, 0.25) is 0 Å². The van der Waals surface area contributed by atoms with Crippen molar-refractivity contribution < 1.29 is 13.2 Å². The maximum atomic E-state index is 12.8. The summed E-state index contributed by atoms with van der Waals surface area (Å²) >= 11 is 0. The molecule has 1 aliphatic heterocycles. The number of para-hydroxylation sites is 1. The van der Waals surface area contributed by atoms with Crippen molar-refractivity contribution in [3.63, 3.8) is 0 Å². The molecule has 1 amide bonds. The monoisotopic (exact) mass is 429 g/mol. The molecule has 0 aromatic heterocycles. The smallest absolute Gasteiger partial charge is 0.243 e. The number of nitrogens with one attached hydrogen (secondary N) is 1. The number of carbonyl (C=O) groups excluding carboxylic acids is 1. The molecule has 1 fully saturated rings. The number of hydrogen-bond acceptors (Lipinski definition) is 4. The lowest BCUT2D eigenvalue weighted by atomic mass is 9.98. The van der Waals surface area contributed by atoms with Crippen LogP contribution in [0.25, 0.3) is 0 Å². The molecule has 162 valence electrons. The van der Waals surface area contributed by atoms with E-state index in [9.17, 15) is 13.2 Å². The first kappa shape index (κ1) is 22.5. The average Bonchev–Trinajstić information content (AvgIpc) is 2.70. The predicted octanol–water partition coefficient (Wildman–Crippen LogP) is 3.37. The molecular weight excluding hydrogens is 398 g/mol. The van der Waals surface area contributed by atoms with Crippen molar-refractivity contribution in [3.05, 3.63) is 59.2 Å². The van der Waals surface area contributed by atoms with E-state index in [4.69, 9.17) is 0 Å². The van der Waals surface area contributed by atoms with Crippen molar-refractivity contribution in [1.82, 2.24) is 9.21 Å². The highest BCUT2D eigenvalue weighted by Crippen LogP contribution is 2.27. The van der Waals surface area contributed by atoms with Crippen LogP contribution < -0.4 is 5.32 Å². The number of amides is 1. The minimum absolute atomic E-state index is 0.0685. The van der Waals surface area contributed by atoms with E-state index in [0.29, 0.717) is 37.0 Å². The number of aryl methyl sites for hydroxylation is 2. The van der Waals surface area contributed by atoms with E-state index in [1.54, 1.807) is 12.1 Å². The third-order valence-electron chi connectivity index (χ3n) is 5.55. The SMILES string of the molecule is Cc1ccc(S(=O)(=O)N2CCN(CC(=O)Nc3c(C)cccc3C(C)C)CC2)cc1. The lowest BCUT2D eigenvalue weighted by molar-refractivity contribution is -0.117. The predicted molar refractivity (Wildman–Crippen MR) is 120 cm³/mol. The molecule has 0 aliphatic carbocycles. The molecule has 1 saturated heterocycles. The van der Waals surface area contributed by atoms with Gasteiger partial charge in [-0.15, -0.1) is 0 Å². The molecule has 0 atom stereocenters. The van der Waals surface area contributed by atoms with E-state index in [1.165, 1.54) is 4.31 Å². The molecule has 3 rings (SSSR count). The third kappa shape index (κ3) is 5.09. The van der Waals surface area contributed by atoms with Crippen LogP contribution in [-0.4, -0.2) is 56.3 Å². The quantitative estimate of drug-likeness (QED) is 0.764. The Morgan fingerprint density at radius 1 is 1.00 bits per heavy atom. The number of carbonyl (C=O) groups is 1. The van der Waals surface area contributed by atoms with Gasteiger partial charge in [0, 0.05) is 31.9 Å². The average molecular weight is 430 g/mol. The van der Waals surface area contributed by atoms with E-state index in [0.717, 1.165) is 22.4 Å². The molecule has 0 unspecified atom stereocenters. The first-order chi connectivity index (χ1) is 14.2. The minimum atomic E-state index is -3.49. The Morgan fingerprint density at radius 2 is 1.63 bits per heavy atom. The second kappa shape index (κ2) is 9.29. The Bertz CT molecular complexity index is 993. The van der Waals surface area contributed by atoms with Gasteiger partial charge in [0.15, 0.2) is 0 Å². The Morgan fingerprint density at radius 3 is 2.23 bits per heavy atom. The molecule has 0 saturated carbocycles. The van der Waals surface area contributed by atoms with E-state index >= 15 is 0 Å². The molecule has 0 radical (unpaired) electrons. The topological polar surface area (TPSA) is 69.7 Å². The van der Waals surface area contributed by atoms with Crippen molar-refractivity contribution in [2.75, 3.05) is 38.0 Å². The maximum absolute atomic E-state index is 12.8. The van der Waals surface area contributed by atoms with Gasteiger partial charge in [0.25, 0.3) is 0 Å². The first-order valence-corrected chi connectivity index (χ1v) is 11.8. The van der Waals surface area contributed by atoms with Gasteiger partial charge in [0.2, 0.25) is 15.9 Å². The fourth-order valence-electron chi connectivity index (χ4n) is 3.71. The zero-order chi connectivity index (χ0) is 21.9. The van der Waals surface area contributed by atoms with Gasteiger partial charge in [-0.3, -0.25) is 9.69 Å². The van der Waals surface area contributed by atoms with Crippen LogP contribution in [0.4, 0.5) is 5.69 Å². The first-order valence-electron chi connectivity index (χ1n) is 10.4.